The highest BCUT2D eigenvalue weighted by Gasteiger charge is 2.52. The van der Waals surface area contributed by atoms with Gasteiger partial charge in [-0.25, -0.2) is 4.79 Å². The van der Waals surface area contributed by atoms with Gasteiger partial charge >= 0.3 is 13.1 Å². The number of pyridine rings is 1. The highest BCUT2D eigenvalue weighted by Crippen LogP contribution is 2.38. The van der Waals surface area contributed by atoms with Gasteiger partial charge in [-0.15, -0.1) is 0 Å². The molecular formula is C21H27BN2O5. The summed E-state index contributed by atoms with van der Waals surface area (Å²) >= 11 is 0. The van der Waals surface area contributed by atoms with E-state index in [-0.39, 0.29) is 24.1 Å². The average Bonchev–Trinajstić information content (AvgIpc) is 2.87. The van der Waals surface area contributed by atoms with Crippen LogP contribution in [0.25, 0.3) is 17.0 Å². The number of nitrogens with one attached hydrogen (secondary N) is 1. The van der Waals surface area contributed by atoms with Crippen molar-refractivity contribution < 1.29 is 18.8 Å². The van der Waals surface area contributed by atoms with E-state index in [9.17, 15) is 9.59 Å². The third-order valence-electron chi connectivity index (χ3n) is 5.54. The van der Waals surface area contributed by atoms with Crippen molar-refractivity contribution in [1.82, 2.24) is 4.98 Å². The second kappa shape index (κ2) is 7.78. The van der Waals surface area contributed by atoms with Gasteiger partial charge in [-0.2, -0.15) is 0 Å². The Morgan fingerprint density at radius 3 is 2.48 bits per heavy atom. The predicted molar refractivity (Wildman–Crippen MR) is 114 cm³/mol. The molecular weight excluding hydrogens is 371 g/mol. The molecule has 8 heteroatoms. The number of esters is 1. The Kier molecular flexibility index (Phi) is 5.71. The molecule has 1 fully saturated rings. The van der Waals surface area contributed by atoms with Crippen LogP contribution in [0.2, 0.25) is 0 Å². The molecule has 0 bridgehead atoms. The van der Waals surface area contributed by atoms with E-state index < -0.39 is 24.3 Å². The summed E-state index contributed by atoms with van der Waals surface area (Å²) in [6, 6.07) is 5.37. The van der Waals surface area contributed by atoms with Crippen LogP contribution in [0.3, 0.4) is 0 Å². The number of carbonyl (C=O) groups excluding carboxylic acids is 1. The zero-order valence-electron chi connectivity index (χ0n) is 17.5. The fourth-order valence-corrected chi connectivity index (χ4v) is 3.12. The summed E-state index contributed by atoms with van der Waals surface area (Å²) < 4.78 is 17.1. The standard InChI is InChI=1S/C21H27BN2O5/c1-6-27-19(26)16-12-24-17-8-7-13(10-15(17)18(16)25)9-14(11-23)22-28-20(2,3)21(4,5)29-22/h7-10,12H,6,11,23H2,1-5H3,(H,24,25). The molecule has 0 amide bonds. The van der Waals surface area contributed by atoms with Crippen LogP contribution >= 0.6 is 0 Å². The lowest BCUT2D eigenvalue weighted by molar-refractivity contribution is 0.00578. The molecule has 2 aromatic rings. The van der Waals surface area contributed by atoms with E-state index in [2.05, 4.69) is 4.98 Å². The highest BCUT2D eigenvalue weighted by atomic mass is 16.7. The third-order valence-corrected chi connectivity index (χ3v) is 5.54. The van der Waals surface area contributed by atoms with E-state index in [1.54, 1.807) is 19.1 Å². The number of hydrogen-bond donors (Lipinski definition) is 2. The van der Waals surface area contributed by atoms with E-state index in [0.29, 0.717) is 10.9 Å². The summed E-state index contributed by atoms with van der Waals surface area (Å²) in [7, 11) is -0.565. The van der Waals surface area contributed by atoms with Gasteiger partial charge in [-0.05, 0) is 57.8 Å². The van der Waals surface area contributed by atoms with Gasteiger partial charge in [0, 0.05) is 23.6 Å². The fourth-order valence-electron chi connectivity index (χ4n) is 3.12. The number of aromatic amines is 1. The van der Waals surface area contributed by atoms with E-state index >= 15 is 0 Å². The lowest BCUT2D eigenvalue weighted by Crippen LogP contribution is -2.41. The molecule has 1 aromatic carbocycles. The SMILES string of the molecule is CCOC(=O)c1c[nH]c2ccc(C=C(CN)B3OC(C)(C)C(C)(C)O3)cc2c1=O. The smallest absolute Gasteiger partial charge is 0.462 e. The summed E-state index contributed by atoms with van der Waals surface area (Å²) in [6.45, 7) is 10.1. The number of hydrogen-bond acceptors (Lipinski definition) is 6. The molecule has 1 aliphatic rings. The van der Waals surface area contributed by atoms with Crippen LogP contribution in [0.15, 0.2) is 34.7 Å². The molecule has 0 unspecified atom stereocenters. The van der Waals surface area contributed by atoms with Gasteiger partial charge in [0.25, 0.3) is 0 Å². The molecule has 3 N–H and O–H groups in total. The van der Waals surface area contributed by atoms with E-state index in [1.807, 2.05) is 39.8 Å². The Morgan fingerprint density at radius 2 is 1.90 bits per heavy atom. The minimum absolute atomic E-state index is 0.0227. The number of carbonyl (C=O) groups is 1. The van der Waals surface area contributed by atoms with Crippen LogP contribution in [-0.4, -0.2) is 42.4 Å². The minimum atomic E-state index is -0.642. The van der Waals surface area contributed by atoms with Crippen LogP contribution in [0.1, 0.15) is 50.5 Å². The Bertz CT molecular complexity index is 1010. The molecule has 2 heterocycles. The molecule has 29 heavy (non-hydrogen) atoms. The first-order valence-electron chi connectivity index (χ1n) is 9.68. The summed E-state index contributed by atoms with van der Waals surface area (Å²) in [5, 5.41) is 0.398. The van der Waals surface area contributed by atoms with Gasteiger partial charge < -0.3 is 24.8 Å². The van der Waals surface area contributed by atoms with Crippen molar-refractivity contribution in [1.29, 1.82) is 0 Å². The molecule has 1 aromatic heterocycles. The molecule has 0 aliphatic carbocycles. The largest absolute Gasteiger partial charge is 0.491 e. The number of rotatable bonds is 5. The van der Waals surface area contributed by atoms with Gasteiger partial charge in [0.05, 0.1) is 17.8 Å². The van der Waals surface area contributed by atoms with Crippen molar-refractivity contribution in [2.45, 2.75) is 45.8 Å². The molecule has 1 aliphatic heterocycles. The summed E-state index contributed by atoms with van der Waals surface area (Å²) in [4.78, 5) is 27.7. The molecule has 0 saturated carbocycles. The normalized spacial score (nSPS) is 18.3. The third kappa shape index (κ3) is 4.01. The molecule has 0 atom stereocenters. The van der Waals surface area contributed by atoms with Gasteiger partial charge in [0.15, 0.2) is 0 Å². The monoisotopic (exact) mass is 398 g/mol. The maximum Gasteiger partial charge on any atom is 0.491 e. The Balaban J connectivity index is 2.00. The lowest BCUT2D eigenvalue weighted by atomic mass is 9.77. The van der Waals surface area contributed by atoms with Crippen molar-refractivity contribution in [3.63, 3.8) is 0 Å². The summed E-state index contributed by atoms with van der Waals surface area (Å²) in [6.07, 6.45) is 3.24. The topological polar surface area (TPSA) is 104 Å². The van der Waals surface area contributed by atoms with Gasteiger partial charge in [-0.1, -0.05) is 12.1 Å². The van der Waals surface area contributed by atoms with Crippen molar-refractivity contribution in [2.24, 2.45) is 5.73 Å². The van der Waals surface area contributed by atoms with Crippen molar-refractivity contribution in [3.8, 4) is 0 Å². The quantitative estimate of drug-likeness (QED) is 0.593. The molecule has 0 radical (unpaired) electrons. The molecule has 3 rings (SSSR count). The number of benzene rings is 1. The Labute approximate surface area is 170 Å². The predicted octanol–water partition coefficient (Wildman–Crippen LogP) is 2.68. The van der Waals surface area contributed by atoms with Crippen LogP contribution < -0.4 is 11.2 Å². The zero-order valence-corrected chi connectivity index (χ0v) is 17.5. The van der Waals surface area contributed by atoms with E-state index in [4.69, 9.17) is 19.8 Å². The molecule has 154 valence electrons. The molecule has 0 spiro atoms. The Morgan fingerprint density at radius 1 is 1.24 bits per heavy atom. The van der Waals surface area contributed by atoms with Crippen LogP contribution in [0.5, 0.6) is 0 Å². The molecule has 1 saturated heterocycles. The fraction of sp³-hybridized carbons (Fsp3) is 0.429. The van der Waals surface area contributed by atoms with Crippen LogP contribution in [-0.2, 0) is 14.0 Å². The van der Waals surface area contributed by atoms with Crippen molar-refractivity contribution in [2.75, 3.05) is 13.2 Å². The van der Waals surface area contributed by atoms with Gasteiger partial charge in [0.2, 0.25) is 5.43 Å². The Hall–Kier alpha value is -2.42. The first-order chi connectivity index (χ1) is 13.6. The summed E-state index contributed by atoms with van der Waals surface area (Å²) in [5.74, 6) is -0.642. The first-order valence-corrected chi connectivity index (χ1v) is 9.68. The number of aromatic nitrogens is 1. The zero-order chi connectivity index (χ0) is 21.4. The second-order valence-corrected chi connectivity index (χ2v) is 8.07. The van der Waals surface area contributed by atoms with Crippen molar-refractivity contribution >= 4 is 30.1 Å². The number of nitrogens with two attached hydrogens (primary N) is 1. The van der Waals surface area contributed by atoms with Crippen molar-refractivity contribution in [3.05, 3.63) is 51.2 Å². The maximum absolute atomic E-state index is 12.8. The average molecular weight is 398 g/mol. The second-order valence-electron chi connectivity index (χ2n) is 8.07. The molecule has 7 nitrogen and oxygen atoms in total. The summed E-state index contributed by atoms with van der Waals surface area (Å²) in [5.41, 5.74) is 6.78. The number of fused-ring (bicyclic) bond motifs is 1. The minimum Gasteiger partial charge on any atom is -0.462 e. The van der Waals surface area contributed by atoms with Crippen LogP contribution in [0.4, 0.5) is 0 Å². The number of ether oxygens (including phenoxy) is 1. The van der Waals surface area contributed by atoms with E-state index in [0.717, 1.165) is 11.0 Å². The lowest BCUT2D eigenvalue weighted by Gasteiger charge is -2.32. The maximum atomic E-state index is 12.8. The first kappa shape index (κ1) is 21.3. The van der Waals surface area contributed by atoms with Gasteiger partial charge in [0.1, 0.15) is 5.56 Å². The number of H-pyrrole nitrogens is 1. The van der Waals surface area contributed by atoms with E-state index in [1.165, 1.54) is 6.20 Å². The van der Waals surface area contributed by atoms with Gasteiger partial charge in [-0.3, -0.25) is 4.79 Å². The van der Waals surface area contributed by atoms with Crippen LogP contribution in [0, 0.1) is 0 Å². The highest BCUT2D eigenvalue weighted by molar-refractivity contribution is 6.55.